The van der Waals surface area contributed by atoms with Gasteiger partial charge in [-0.05, 0) is 42.5 Å². The number of rotatable bonds is 4. The minimum absolute atomic E-state index is 0.0168. The molecular formula is C20H21FN3O2+. The first-order valence-corrected chi connectivity index (χ1v) is 8.56. The standard InChI is InChI=1S/C20H20FN3O2/c1-26-19-7-6-18(21)12-17(19)14-23-8-10-24(11-9-23)20(25)16-4-2-15(13-22)3-5-16/h2-7,12H,8-11,14H2,1H3/p+1. The van der Waals surface area contributed by atoms with Crippen LogP contribution in [0.5, 0.6) is 5.75 Å². The van der Waals surface area contributed by atoms with Crippen molar-refractivity contribution in [1.82, 2.24) is 4.90 Å². The third-order valence-corrected chi connectivity index (χ3v) is 4.70. The average molecular weight is 354 g/mol. The Hall–Kier alpha value is -2.91. The van der Waals surface area contributed by atoms with Gasteiger partial charge in [0.25, 0.3) is 5.91 Å². The highest BCUT2D eigenvalue weighted by Crippen LogP contribution is 2.18. The van der Waals surface area contributed by atoms with E-state index in [-0.39, 0.29) is 11.7 Å². The number of hydrogen-bond acceptors (Lipinski definition) is 3. The molecule has 26 heavy (non-hydrogen) atoms. The maximum Gasteiger partial charge on any atom is 0.254 e. The summed E-state index contributed by atoms with van der Waals surface area (Å²) in [5.41, 5.74) is 1.98. The van der Waals surface area contributed by atoms with Gasteiger partial charge in [-0.3, -0.25) is 4.79 Å². The molecule has 0 bridgehead atoms. The maximum absolute atomic E-state index is 13.5. The molecule has 1 heterocycles. The lowest BCUT2D eigenvalue weighted by Gasteiger charge is -2.32. The molecule has 0 radical (unpaired) electrons. The molecule has 1 amide bonds. The molecule has 5 nitrogen and oxygen atoms in total. The van der Waals surface area contributed by atoms with Crippen LogP contribution < -0.4 is 9.64 Å². The van der Waals surface area contributed by atoms with Gasteiger partial charge in [0.15, 0.2) is 0 Å². The Balaban J connectivity index is 1.59. The van der Waals surface area contributed by atoms with E-state index >= 15 is 0 Å². The Morgan fingerprint density at radius 1 is 1.23 bits per heavy atom. The fourth-order valence-electron chi connectivity index (χ4n) is 3.23. The normalized spacial score (nSPS) is 14.7. The number of benzene rings is 2. The first-order chi connectivity index (χ1) is 12.6. The first kappa shape index (κ1) is 17.9. The number of nitrogens with zero attached hydrogens (tertiary/aromatic N) is 2. The van der Waals surface area contributed by atoms with Crippen LogP contribution in [0.15, 0.2) is 42.5 Å². The Bertz CT molecular complexity index is 822. The summed E-state index contributed by atoms with van der Waals surface area (Å²) in [7, 11) is 1.58. The number of ether oxygens (including phenoxy) is 1. The molecule has 1 aliphatic rings. The molecule has 2 aromatic rings. The van der Waals surface area contributed by atoms with Crippen LogP contribution in [0.2, 0.25) is 0 Å². The summed E-state index contributed by atoms with van der Waals surface area (Å²) in [5.74, 6) is 0.404. The van der Waals surface area contributed by atoms with E-state index in [0.29, 0.717) is 36.5 Å². The minimum Gasteiger partial charge on any atom is -0.496 e. The molecule has 1 N–H and O–H groups in total. The summed E-state index contributed by atoms with van der Waals surface area (Å²) in [5, 5.41) is 8.84. The number of methoxy groups -OCH3 is 1. The van der Waals surface area contributed by atoms with Crippen LogP contribution in [0.25, 0.3) is 0 Å². The second-order valence-corrected chi connectivity index (χ2v) is 6.36. The smallest absolute Gasteiger partial charge is 0.254 e. The fraction of sp³-hybridized carbons (Fsp3) is 0.300. The molecule has 0 spiro atoms. The predicted molar refractivity (Wildman–Crippen MR) is 94.4 cm³/mol. The number of nitriles is 1. The predicted octanol–water partition coefficient (Wildman–Crippen LogP) is 1.25. The van der Waals surface area contributed by atoms with Gasteiger partial charge in [-0.2, -0.15) is 5.26 Å². The number of amides is 1. The van der Waals surface area contributed by atoms with Gasteiger partial charge in [0.2, 0.25) is 0 Å². The zero-order valence-electron chi connectivity index (χ0n) is 14.7. The third kappa shape index (κ3) is 4.01. The Morgan fingerprint density at radius 2 is 1.92 bits per heavy atom. The summed E-state index contributed by atoms with van der Waals surface area (Å²) in [6.45, 7) is 3.54. The van der Waals surface area contributed by atoms with E-state index in [9.17, 15) is 9.18 Å². The van der Waals surface area contributed by atoms with Crippen molar-refractivity contribution in [2.45, 2.75) is 6.54 Å². The molecule has 0 atom stereocenters. The number of hydrogen-bond donors (Lipinski definition) is 1. The minimum atomic E-state index is -0.269. The lowest BCUT2D eigenvalue weighted by molar-refractivity contribution is -0.917. The van der Waals surface area contributed by atoms with Gasteiger partial charge < -0.3 is 14.5 Å². The van der Waals surface area contributed by atoms with Crippen LogP contribution in [0.4, 0.5) is 4.39 Å². The highest BCUT2D eigenvalue weighted by molar-refractivity contribution is 5.94. The lowest BCUT2D eigenvalue weighted by Crippen LogP contribution is -3.13. The van der Waals surface area contributed by atoms with Gasteiger partial charge in [0, 0.05) is 5.56 Å². The van der Waals surface area contributed by atoms with E-state index < -0.39 is 0 Å². The van der Waals surface area contributed by atoms with Crippen molar-refractivity contribution < 1.29 is 18.8 Å². The van der Waals surface area contributed by atoms with Gasteiger partial charge >= 0.3 is 0 Å². The van der Waals surface area contributed by atoms with Gasteiger partial charge in [-0.15, -0.1) is 0 Å². The van der Waals surface area contributed by atoms with Crippen LogP contribution in [0, 0.1) is 17.1 Å². The van der Waals surface area contributed by atoms with Gasteiger partial charge in [-0.1, -0.05) is 0 Å². The Morgan fingerprint density at radius 3 is 2.54 bits per heavy atom. The van der Waals surface area contributed by atoms with E-state index in [0.717, 1.165) is 18.7 Å². The lowest BCUT2D eigenvalue weighted by atomic mass is 10.1. The SMILES string of the molecule is COc1ccc(F)cc1C[NH+]1CCN(C(=O)c2ccc(C#N)cc2)CC1. The number of carbonyl (C=O) groups excluding carboxylic acids is 1. The van der Waals surface area contributed by atoms with Crippen molar-refractivity contribution in [1.29, 1.82) is 5.26 Å². The largest absolute Gasteiger partial charge is 0.496 e. The number of carbonyl (C=O) groups is 1. The van der Waals surface area contributed by atoms with Crippen molar-refractivity contribution in [3.05, 3.63) is 65.0 Å². The van der Waals surface area contributed by atoms with Crippen LogP contribution in [-0.4, -0.2) is 44.1 Å². The van der Waals surface area contributed by atoms with Crippen molar-refractivity contribution >= 4 is 5.91 Å². The van der Waals surface area contributed by atoms with E-state index in [2.05, 4.69) is 0 Å². The van der Waals surface area contributed by atoms with Crippen molar-refractivity contribution in [3.8, 4) is 11.8 Å². The average Bonchev–Trinajstić information content (AvgIpc) is 2.68. The molecule has 134 valence electrons. The summed E-state index contributed by atoms with van der Waals surface area (Å²) in [6, 6.07) is 13.3. The number of piperazine rings is 1. The highest BCUT2D eigenvalue weighted by atomic mass is 19.1. The molecule has 0 aromatic heterocycles. The highest BCUT2D eigenvalue weighted by Gasteiger charge is 2.25. The Labute approximate surface area is 152 Å². The molecule has 1 aliphatic heterocycles. The molecule has 3 rings (SSSR count). The first-order valence-electron chi connectivity index (χ1n) is 8.56. The topological polar surface area (TPSA) is 57.8 Å². The second-order valence-electron chi connectivity index (χ2n) is 6.36. The zero-order valence-corrected chi connectivity index (χ0v) is 14.7. The number of halogens is 1. The van der Waals surface area contributed by atoms with Crippen molar-refractivity contribution in [2.24, 2.45) is 0 Å². The molecular weight excluding hydrogens is 333 g/mol. The molecule has 1 fully saturated rings. The fourth-order valence-corrected chi connectivity index (χ4v) is 3.23. The summed E-state index contributed by atoms with van der Waals surface area (Å²) in [6.07, 6.45) is 0. The maximum atomic E-state index is 13.5. The molecule has 0 unspecified atom stereocenters. The summed E-state index contributed by atoms with van der Waals surface area (Å²) >= 11 is 0. The molecule has 0 aliphatic carbocycles. The number of quaternary nitrogens is 1. The molecule has 6 heteroatoms. The van der Waals surface area contributed by atoms with Crippen LogP contribution in [0.1, 0.15) is 21.5 Å². The zero-order chi connectivity index (χ0) is 18.5. The second kappa shape index (κ2) is 7.98. The van der Waals surface area contributed by atoms with Crippen LogP contribution >= 0.6 is 0 Å². The third-order valence-electron chi connectivity index (χ3n) is 4.70. The van der Waals surface area contributed by atoms with E-state index in [1.807, 2.05) is 11.0 Å². The van der Waals surface area contributed by atoms with Gasteiger partial charge in [0.05, 0.1) is 50.5 Å². The summed E-state index contributed by atoms with van der Waals surface area (Å²) in [4.78, 5) is 15.7. The van der Waals surface area contributed by atoms with E-state index in [1.54, 1.807) is 37.4 Å². The monoisotopic (exact) mass is 354 g/mol. The summed E-state index contributed by atoms with van der Waals surface area (Å²) < 4.78 is 18.8. The van der Waals surface area contributed by atoms with Gasteiger partial charge in [-0.25, -0.2) is 4.39 Å². The van der Waals surface area contributed by atoms with Crippen molar-refractivity contribution in [3.63, 3.8) is 0 Å². The van der Waals surface area contributed by atoms with E-state index in [1.165, 1.54) is 17.0 Å². The molecule has 0 saturated carbocycles. The van der Waals surface area contributed by atoms with Gasteiger partial charge in [0.1, 0.15) is 18.1 Å². The quantitative estimate of drug-likeness (QED) is 0.899. The molecule has 2 aromatic carbocycles. The van der Waals surface area contributed by atoms with E-state index in [4.69, 9.17) is 10.00 Å². The Kier molecular flexibility index (Phi) is 5.49. The number of nitrogens with one attached hydrogen (secondary N) is 1. The van der Waals surface area contributed by atoms with Crippen LogP contribution in [0.3, 0.4) is 0 Å². The van der Waals surface area contributed by atoms with Crippen molar-refractivity contribution in [2.75, 3.05) is 33.3 Å². The van der Waals surface area contributed by atoms with Crippen LogP contribution in [-0.2, 0) is 6.54 Å². The molecule has 1 saturated heterocycles.